The summed E-state index contributed by atoms with van der Waals surface area (Å²) in [5.74, 6) is -0.348. The highest BCUT2D eigenvalue weighted by atomic mass is 16.2. The molecule has 0 heterocycles. The van der Waals surface area contributed by atoms with Crippen molar-refractivity contribution >= 4 is 17.3 Å². The lowest BCUT2D eigenvalue weighted by Crippen LogP contribution is -2.29. The minimum atomic E-state index is -0.133. The van der Waals surface area contributed by atoms with E-state index in [-0.39, 0.29) is 17.6 Å². The fourth-order valence-electron chi connectivity index (χ4n) is 1.87. The van der Waals surface area contributed by atoms with E-state index in [1.54, 1.807) is 19.9 Å². The Morgan fingerprint density at radius 2 is 1.76 bits per heavy atom. The summed E-state index contributed by atoms with van der Waals surface area (Å²) in [5.41, 5.74) is 2.85. The third-order valence-electron chi connectivity index (χ3n) is 2.95. The maximum atomic E-state index is 12.1. The number of carbonyl (C=O) groups excluding carboxylic acids is 2. The Kier molecular flexibility index (Phi) is 2.84. The lowest BCUT2D eigenvalue weighted by Gasteiger charge is -2.08. The molecule has 0 aliphatic heterocycles. The van der Waals surface area contributed by atoms with Crippen LogP contribution in [0.25, 0.3) is 5.57 Å². The highest BCUT2D eigenvalue weighted by Gasteiger charge is 2.28. The summed E-state index contributed by atoms with van der Waals surface area (Å²) in [6.45, 7) is 5.47. The van der Waals surface area contributed by atoms with Crippen LogP contribution < -0.4 is 5.32 Å². The molecule has 3 nitrogen and oxygen atoms in total. The molecular weight excluding hydrogens is 214 g/mol. The molecule has 0 bridgehead atoms. The van der Waals surface area contributed by atoms with Gasteiger partial charge in [0.1, 0.15) is 0 Å². The molecule has 0 radical (unpaired) electrons. The van der Waals surface area contributed by atoms with Gasteiger partial charge < -0.3 is 5.32 Å². The Morgan fingerprint density at radius 1 is 1.18 bits per heavy atom. The average Bonchev–Trinajstić information content (AvgIpc) is 2.55. The first-order valence-electron chi connectivity index (χ1n) is 5.68. The Balaban J connectivity index is 2.36. The van der Waals surface area contributed by atoms with Crippen molar-refractivity contribution < 1.29 is 9.59 Å². The van der Waals surface area contributed by atoms with Crippen molar-refractivity contribution in [2.45, 2.75) is 20.8 Å². The van der Waals surface area contributed by atoms with Crippen LogP contribution >= 0.6 is 0 Å². The fraction of sp³-hybridized carbons (Fsp3) is 0.286. The van der Waals surface area contributed by atoms with Crippen LogP contribution in [0.1, 0.15) is 36.7 Å². The van der Waals surface area contributed by atoms with Gasteiger partial charge in [-0.3, -0.25) is 9.59 Å². The maximum Gasteiger partial charge on any atom is 0.227 e. The number of ketones is 1. The lowest BCUT2D eigenvalue weighted by atomic mass is 10.1. The van der Waals surface area contributed by atoms with Crippen molar-refractivity contribution in [2.75, 3.05) is 0 Å². The molecule has 1 amide bonds. The Morgan fingerprint density at radius 3 is 2.29 bits per heavy atom. The maximum absolute atomic E-state index is 12.1. The van der Waals surface area contributed by atoms with E-state index in [0.717, 1.165) is 11.1 Å². The Hall–Kier alpha value is -1.90. The summed E-state index contributed by atoms with van der Waals surface area (Å²) in [7, 11) is 0. The highest BCUT2D eigenvalue weighted by Crippen LogP contribution is 2.30. The van der Waals surface area contributed by atoms with Crippen molar-refractivity contribution in [3.05, 3.63) is 41.1 Å². The SMILES string of the molecule is CC1=C(NC(=O)C(C)C)C(=O)c2ccccc21. The number of hydrogen-bond donors (Lipinski definition) is 1. The number of nitrogens with one attached hydrogen (secondary N) is 1. The van der Waals surface area contributed by atoms with Crippen LogP contribution in [0.3, 0.4) is 0 Å². The first-order chi connectivity index (χ1) is 8.02. The van der Waals surface area contributed by atoms with E-state index in [1.165, 1.54) is 0 Å². The van der Waals surface area contributed by atoms with Crippen LogP contribution in [0, 0.1) is 5.92 Å². The number of carbonyl (C=O) groups is 2. The van der Waals surface area contributed by atoms with Gasteiger partial charge in [0.25, 0.3) is 0 Å². The van der Waals surface area contributed by atoms with Gasteiger partial charge in [0.05, 0.1) is 5.70 Å². The Bertz CT molecular complexity index is 527. The van der Waals surface area contributed by atoms with Crippen molar-refractivity contribution in [3.8, 4) is 0 Å². The van der Waals surface area contributed by atoms with E-state index in [4.69, 9.17) is 0 Å². The minimum absolute atomic E-state index is 0.0906. The zero-order valence-electron chi connectivity index (χ0n) is 10.2. The first-order valence-corrected chi connectivity index (χ1v) is 5.68. The first kappa shape index (κ1) is 11.6. The molecule has 0 saturated heterocycles. The number of fused-ring (bicyclic) bond motifs is 1. The molecule has 3 heteroatoms. The topological polar surface area (TPSA) is 46.2 Å². The van der Waals surface area contributed by atoms with Gasteiger partial charge >= 0.3 is 0 Å². The zero-order valence-corrected chi connectivity index (χ0v) is 10.2. The van der Waals surface area contributed by atoms with Crippen molar-refractivity contribution in [1.82, 2.24) is 5.32 Å². The second-order valence-electron chi connectivity index (χ2n) is 4.52. The monoisotopic (exact) mass is 229 g/mol. The molecule has 0 saturated carbocycles. The van der Waals surface area contributed by atoms with Crippen molar-refractivity contribution in [3.63, 3.8) is 0 Å². The number of benzene rings is 1. The molecule has 0 spiro atoms. The van der Waals surface area contributed by atoms with E-state index in [9.17, 15) is 9.59 Å². The standard InChI is InChI=1S/C14H15NO2/c1-8(2)14(17)15-12-9(3)10-6-4-5-7-11(10)13(12)16/h4-8H,1-3H3,(H,15,16,17). The molecule has 1 N–H and O–H groups in total. The van der Waals surface area contributed by atoms with Gasteiger partial charge in [-0.25, -0.2) is 0 Å². The van der Waals surface area contributed by atoms with Crippen LogP contribution in [0.5, 0.6) is 0 Å². The molecular formula is C14H15NO2. The molecule has 17 heavy (non-hydrogen) atoms. The quantitative estimate of drug-likeness (QED) is 0.846. The average molecular weight is 229 g/mol. The molecule has 1 aromatic rings. The smallest absolute Gasteiger partial charge is 0.227 e. The third-order valence-corrected chi connectivity index (χ3v) is 2.95. The van der Waals surface area contributed by atoms with Crippen LogP contribution in [-0.2, 0) is 4.79 Å². The van der Waals surface area contributed by atoms with Gasteiger partial charge in [-0.15, -0.1) is 0 Å². The molecule has 1 aliphatic rings. The zero-order chi connectivity index (χ0) is 12.6. The summed E-state index contributed by atoms with van der Waals surface area (Å²) >= 11 is 0. The number of rotatable bonds is 2. The van der Waals surface area contributed by atoms with Crippen LogP contribution in [-0.4, -0.2) is 11.7 Å². The van der Waals surface area contributed by atoms with Gasteiger partial charge in [-0.1, -0.05) is 38.1 Å². The van der Waals surface area contributed by atoms with Gasteiger partial charge in [-0.05, 0) is 18.1 Å². The number of amides is 1. The third kappa shape index (κ3) is 1.88. The van der Waals surface area contributed by atoms with E-state index >= 15 is 0 Å². The number of allylic oxidation sites excluding steroid dienone is 2. The molecule has 0 atom stereocenters. The predicted octanol–water partition coefficient (Wildman–Crippen LogP) is 2.39. The van der Waals surface area contributed by atoms with E-state index in [1.807, 2.05) is 25.1 Å². The van der Waals surface area contributed by atoms with Gasteiger partial charge in [0.2, 0.25) is 11.7 Å². The van der Waals surface area contributed by atoms with Crippen LogP contribution in [0.4, 0.5) is 0 Å². The molecule has 0 unspecified atom stereocenters. The second kappa shape index (κ2) is 4.17. The summed E-state index contributed by atoms with van der Waals surface area (Å²) in [4.78, 5) is 23.7. The molecule has 0 aromatic heterocycles. The van der Waals surface area contributed by atoms with Crippen molar-refractivity contribution in [2.24, 2.45) is 5.92 Å². The second-order valence-corrected chi connectivity index (χ2v) is 4.52. The minimum Gasteiger partial charge on any atom is -0.322 e. The normalized spacial score (nSPS) is 14.2. The van der Waals surface area contributed by atoms with Gasteiger partial charge in [0, 0.05) is 11.5 Å². The highest BCUT2D eigenvalue weighted by molar-refractivity contribution is 6.21. The fourth-order valence-corrected chi connectivity index (χ4v) is 1.87. The largest absolute Gasteiger partial charge is 0.322 e. The molecule has 2 rings (SSSR count). The van der Waals surface area contributed by atoms with E-state index < -0.39 is 0 Å². The van der Waals surface area contributed by atoms with Crippen molar-refractivity contribution in [1.29, 1.82) is 0 Å². The summed E-state index contributed by atoms with van der Waals surface area (Å²) in [5, 5.41) is 2.72. The number of hydrogen-bond acceptors (Lipinski definition) is 2. The van der Waals surface area contributed by atoms with E-state index in [2.05, 4.69) is 5.32 Å². The van der Waals surface area contributed by atoms with Gasteiger partial charge in [0.15, 0.2) is 0 Å². The molecule has 1 aromatic carbocycles. The molecule has 1 aliphatic carbocycles. The summed E-state index contributed by atoms with van der Waals surface area (Å²) < 4.78 is 0. The van der Waals surface area contributed by atoms with E-state index in [0.29, 0.717) is 11.3 Å². The van der Waals surface area contributed by atoms with Gasteiger partial charge in [-0.2, -0.15) is 0 Å². The number of Topliss-reactive ketones (excluding diaryl/α,β-unsaturated/α-hetero) is 1. The molecule has 88 valence electrons. The predicted molar refractivity (Wildman–Crippen MR) is 66.3 cm³/mol. The summed E-state index contributed by atoms with van der Waals surface area (Å²) in [6, 6.07) is 7.41. The molecule has 0 fully saturated rings. The van der Waals surface area contributed by atoms with Crippen LogP contribution in [0.2, 0.25) is 0 Å². The Labute approximate surface area is 101 Å². The summed E-state index contributed by atoms with van der Waals surface area (Å²) in [6.07, 6.45) is 0. The van der Waals surface area contributed by atoms with Crippen LogP contribution in [0.15, 0.2) is 30.0 Å². The lowest BCUT2D eigenvalue weighted by molar-refractivity contribution is -0.123.